The molecule has 0 aromatic heterocycles. The largest absolute Gasteiger partial charge is 0.243 e. The standard InChI is InChI=1S/C16H25NO2S/c1-4-6-15-9-11-16(12-10-15)20(18,19)17-13(2)7-5-8-14(17)3/h9-14H,4-8H2,1-3H3. The molecule has 2 rings (SSSR count). The van der Waals surface area contributed by atoms with Crippen LogP contribution in [0, 0.1) is 0 Å². The maximum absolute atomic E-state index is 12.8. The first-order chi connectivity index (χ1) is 9.46. The Morgan fingerprint density at radius 3 is 2.15 bits per heavy atom. The lowest BCUT2D eigenvalue weighted by atomic mass is 10.0. The molecule has 0 amide bonds. The lowest BCUT2D eigenvalue weighted by molar-refractivity contribution is 0.204. The third-order valence-corrected chi connectivity index (χ3v) is 6.29. The smallest absolute Gasteiger partial charge is 0.207 e. The molecule has 0 bridgehead atoms. The number of nitrogens with zero attached hydrogens (tertiary/aromatic N) is 1. The number of benzene rings is 1. The Morgan fingerprint density at radius 2 is 1.65 bits per heavy atom. The number of rotatable bonds is 4. The van der Waals surface area contributed by atoms with Crippen LogP contribution in [0.2, 0.25) is 0 Å². The van der Waals surface area contributed by atoms with Crippen molar-refractivity contribution in [3.8, 4) is 0 Å². The zero-order valence-electron chi connectivity index (χ0n) is 12.7. The van der Waals surface area contributed by atoms with Crippen LogP contribution in [0.5, 0.6) is 0 Å². The molecule has 1 fully saturated rings. The first kappa shape index (κ1) is 15.5. The Bertz CT molecular complexity index is 526. The number of piperidine rings is 1. The zero-order valence-corrected chi connectivity index (χ0v) is 13.5. The Hall–Kier alpha value is -0.870. The molecule has 112 valence electrons. The summed E-state index contributed by atoms with van der Waals surface area (Å²) in [5.74, 6) is 0. The number of hydrogen-bond acceptors (Lipinski definition) is 2. The van der Waals surface area contributed by atoms with Gasteiger partial charge in [0.15, 0.2) is 0 Å². The summed E-state index contributed by atoms with van der Waals surface area (Å²) in [6, 6.07) is 7.59. The van der Waals surface area contributed by atoms with E-state index < -0.39 is 10.0 Å². The van der Waals surface area contributed by atoms with Gasteiger partial charge in [0, 0.05) is 12.1 Å². The predicted molar refractivity (Wildman–Crippen MR) is 82.2 cm³/mol. The van der Waals surface area contributed by atoms with Gasteiger partial charge in [0.25, 0.3) is 0 Å². The maximum atomic E-state index is 12.8. The van der Waals surface area contributed by atoms with Crippen molar-refractivity contribution in [2.24, 2.45) is 0 Å². The lowest BCUT2D eigenvalue weighted by Gasteiger charge is -2.37. The van der Waals surface area contributed by atoms with Crippen molar-refractivity contribution in [2.45, 2.75) is 69.9 Å². The molecule has 0 saturated carbocycles. The second-order valence-corrected chi connectivity index (χ2v) is 7.70. The molecule has 2 unspecified atom stereocenters. The Kier molecular flexibility index (Phi) is 4.86. The molecule has 1 aliphatic heterocycles. The molecule has 0 radical (unpaired) electrons. The summed E-state index contributed by atoms with van der Waals surface area (Å²) in [6.45, 7) is 6.15. The summed E-state index contributed by atoms with van der Waals surface area (Å²) in [7, 11) is -3.36. The summed E-state index contributed by atoms with van der Waals surface area (Å²) < 4.78 is 27.3. The van der Waals surface area contributed by atoms with Gasteiger partial charge in [-0.2, -0.15) is 4.31 Å². The molecule has 1 aliphatic rings. The monoisotopic (exact) mass is 295 g/mol. The Balaban J connectivity index is 2.29. The minimum Gasteiger partial charge on any atom is -0.207 e. The highest BCUT2D eigenvalue weighted by atomic mass is 32.2. The van der Waals surface area contributed by atoms with Gasteiger partial charge in [0.1, 0.15) is 0 Å². The van der Waals surface area contributed by atoms with Crippen molar-refractivity contribution < 1.29 is 8.42 Å². The Labute approximate surface area is 123 Å². The van der Waals surface area contributed by atoms with Crippen molar-refractivity contribution in [1.29, 1.82) is 0 Å². The van der Waals surface area contributed by atoms with E-state index in [1.165, 1.54) is 5.56 Å². The summed E-state index contributed by atoms with van der Waals surface area (Å²) in [5, 5.41) is 0. The van der Waals surface area contributed by atoms with Crippen molar-refractivity contribution >= 4 is 10.0 Å². The van der Waals surface area contributed by atoms with Gasteiger partial charge in [-0.1, -0.05) is 31.9 Å². The van der Waals surface area contributed by atoms with E-state index in [1.54, 1.807) is 16.4 Å². The maximum Gasteiger partial charge on any atom is 0.243 e. The number of sulfonamides is 1. The van der Waals surface area contributed by atoms with E-state index in [0.29, 0.717) is 4.90 Å². The molecule has 0 N–H and O–H groups in total. The zero-order chi connectivity index (χ0) is 14.8. The third kappa shape index (κ3) is 3.07. The molecule has 20 heavy (non-hydrogen) atoms. The molecule has 4 heteroatoms. The van der Waals surface area contributed by atoms with E-state index >= 15 is 0 Å². The van der Waals surface area contributed by atoms with Crippen LogP contribution in [0.1, 0.15) is 52.0 Å². The molecule has 1 aromatic carbocycles. The fraction of sp³-hybridized carbons (Fsp3) is 0.625. The van der Waals surface area contributed by atoms with Gasteiger partial charge in [0.2, 0.25) is 10.0 Å². The van der Waals surface area contributed by atoms with Crippen LogP contribution in [0.25, 0.3) is 0 Å². The normalized spacial score (nSPS) is 24.8. The van der Waals surface area contributed by atoms with Crippen molar-refractivity contribution in [3.63, 3.8) is 0 Å². The molecular formula is C16H25NO2S. The summed E-state index contributed by atoms with van der Waals surface area (Å²) in [5.41, 5.74) is 1.20. The summed E-state index contributed by atoms with van der Waals surface area (Å²) >= 11 is 0. The highest BCUT2D eigenvalue weighted by molar-refractivity contribution is 7.89. The van der Waals surface area contributed by atoms with Crippen LogP contribution in [0.15, 0.2) is 29.2 Å². The predicted octanol–water partition coefficient (Wildman–Crippen LogP) is 3.59. The second-order valence-electron chi connectivity index (χ2n) is 5.86. The average molecular weight is 295 g/mol. The van der Waals surface area contributed by atoms with Gasteiger partial charge in [0.05, 0.1) is 4.90 Å². The van der Waals surface area contributed by atoms with Crippen LogP contribution in [0.4, 0.5) is 0 Å². The van der Waals surface area contributed by atoms with Crippen LogP contribution in [0.3, 0.4) is 0 Å². The summed E-state index contributed by atoms with van der Waals surface area (Å²) in [6.07, 6.45) is 5.10. The van der Waals surface area contributed by atoms with Gasteiger partial charge >= 0.3 is 0 Å². The third-order valence-electron chi connectivity index (χ3n) is 4.15. The molecule has 1 aromatic rings. The van der Waals surface area contributed by atoms with E-state index in [2.05, 4.69) is 6.92 Å². The molecule has 0 spiro atoms. The first-order valence-corrected chi connectivity index (χ1v) is 9.03. The van der Waals surface area contributed by atoms with Gasteiger partial charge in [-0.3, -0.25) is 0 Å². The highest BCUT2D eigenvalue weighted by Gasteiger charge is 2.35. The molecule has 1 saturated heterocycles. The number of hydrogen-bond donors (Lipinski definition) is 0. The van der Waals surface area contributed by atoms with Crippen molar-refractivity contribution in [1.82, 2.24) is 4.31 Å². The van der Waals surface area contributed by atoms with E-state index in [4.69, 9.17) is 0 Å². The van der Waals surface area contributed by atoms with E-state index in [1.807, 2.05) is 26.0 Å². The molecular weight excluding hydrogens is 270 g/mol. The molecule has 3 nitrogen and oxygen atoms in total. The lowest BCUT2D eigenvalue weighted by Crippen LogP contribution is -2.47. The van der Waals surface area contributed by atoms with Gasteiger partial charge in [-0.25, -0.2) is 8.42 Å². The van der Waals surface area contributed by atoms with Crippen LogP contribution in [-0.2, 0) is 16.4 Å². The quantitative estimate of drug-likeness (QED) is 0.851. The minimum atomic E-state index is -3.36. The SMILES string of the molecule is CCCc1ccc(S(=O)(=O)N2C(C)CCCC2C)cc1. The van der Waals surface area contributed by atoms with Gasteiger partial charge in [-0.15, -0.1) is 0 Å². The van der Waals surface area contributed by atoms with Crippen LogP contribution in [-0.4, -0.2) is 24.8 Å². The van der Waals surface area contributed by atoms with E-state index in [9.17, 15) is 8.42 Å². The first-order valence-electron chi connectivity index (χ1n) is 7.59. The minimum absolute atomic E-state index is 0.0964. The second kappa shape index (κ2) is 6.27. The van der Waals surface area contributed by atoms with E-state index in [0.717, 1.165) is 32.1 Å². The Morgan fingerprint density at radius 1 is 1.10 bits per heavy atom. The average Bonchev–Trinajstić information content (AvgIpc) is 2.39. The molecule has 2 atom stereocenters. The van der Waals surface area contributed by atoms with E-state index in [-0.39, 0.29) is 12.1 Å². The fourth-order valence-electron chi connectivity index (χ4n) is 3.11. The fourth-order valence-corrected chi connectivity index (χ4v) is 4.99. The molecule has 1 heterocycles. The van der Waals surface area contributed by atoms with Crippen molar-refractivity contribution in [3.05, 3.63) is 29.8 Å². The number of aryl methyl sites for hydroxylation is 1. The van der Waals surface area contributed by atoms with Crippen LogP contribution >= 0.6 is 0 Å². The van der Waals surface area contributed by atoms with Crippen LogP contribution < -0.4 is 0 Å². The topological polar surface area (TPSA) is 37.4 Å². The van der Waals surface area contributed by atoms with Crippen molar-refractivity contribution in [2.75, 3.05) is 0 Å². The van der Waals surface area contributed by atoms with Gasteiger partial charge in [-0.05, 0) is 50.8 Å². The van der Waals surface area contributed by atoms with Gasteiger partial charge < -0.3 is 0 Å². The summed E-state index contributed by atoms with van der Waals surface area (Å²) in [4.78, 5) is 0.429. The highest BCUT2D eigenvalue weighted by Crippen LogP contribution is 2.29. The molecule has 0 aliphatic carbocycles.